The Labute approximate surface area is 230 Å². The maximum atomic E-state index is 13.9. The molecule has 12 nitrogen and oxygen atoms in total. The molecule has 1 aromatic carbocycles. The molecule has 3 aromatic rings. The third-order valence-corrected chi connectivity index (χ3v) is 6.56. The van der Waals surface area contributed by atoms with Gasteiger partial charge in [-0.3, -0.25) is 14.9 Å². The van der Waals surface area contributed by atoms with Gasteiger partial charge in [-0.2, -0.15) is 9.45 Å². The molecule has 2 atom stereocenters. The van der Waals surface area contributed by atoms with Gasteiger partial charge < -0.3 is 20.1 Å². The number of carbonyl (C=O) groups is 2. The Morgan fingerprint density at radius 2 is 1.98 bits per heavy atom. The summed E-state index contributed by atoms with van der Waals surface area (Å²) < 4.78 is 26.3. The van der Waals surface area contributed by atoms with Crippen LogP contribution >= 0.6 is 0 Å². The van der Waals surface area contributed by atoms with Crippen molar-refractivity contribution in [2.45, 2.75) is 38.0 Å². The molecule has 1 saturated carbocycles. The predicted molar refractivity (Wildman–Crippen MR) is 142 cm³/mol. The Morgan fingerprint density at radius 3 is 2.70 bits per heavy atom. The van der Waals surface area contributed by atoms with Crippen molar-refractivity contribution in [2.24, 2.45) is 0 Å². The van der Waals surface area contributed by atoms with Crippen LogP contribution in [0.25, 0.3) is 5.69 Å². The van der Waals surface area contributed by atoms with E-state index in [1.165, 1.54) is 12.3 Å². The van der Waals surface area contributed by atoms with E-state index in [1.54, 1.807) is 29.8 Å². The monoisotopic (exact) mass is 553 g/mol. The summed E-state index contributed by atoms with van der Waals surface area (Å²) in [6.45, 7) is 2.81. The van der Waals surface area contributed by atoms with Crippen molar-refractivity contribution in [1.29, 1.82) is 0 Å². The molecule has 1 aliphatic carbocycles. The number of amides is 3. The number of urea groups is 1. The van der Waals surface area contributed by atoms with Gasteiger partial charge in [-0.25, -0.2) is 14.5 Å². The molecule has 2 aliphatic rings. The van der Waals surface area contributed by atoms with Gasteiger partial charge in [-0.15, -0.1) is 5.10 Å². The number of hydrogen-bond acceptors (Lipinski definition) is 8. The van der Waals surface area contributed by atoms with Gasteiger partial charge in [0.15, 0.2) is 6.61 Å². The highest BCUT2D eigenvalue weighted by Gasteiger charge is 2.37. The zero-order valence-corrected chi connectivity index (χ0v) is 22.3. The highest BCUT2D eigenvalue weighted by molar-refractivity contribution is 5.90. The van der Waals surface area contributed by atoms with Crippen LogP contribution < -0.4 is 20.7 Å². The van der Waals surface area contributed by atoms with Crippen LogP contribution in [0.4, 0.5) is 15.0 Å². The number of carbonyl (C=O) groups excluding carboxylic acids is 2. The van der Waals surface area contributed by atoms with Gasteiger partial charge in [-0.1, -0.05) is 18.2 Å². The first kappa shape index (κ1) is 27.5. The molecule has 5 rings (SSSR count). The Hall–Kier alpha value is -4.07. The number of aromatic nitrogens is 3. The summed E-state index contributed by atoms with van der Waals surface area (Å²) in [6.07, 6.45) is 2.68. The van der Waals surface area contributed by atoms with Gasteiger partial charge in [0.25, 0.3) is 5.91 Å². The first-order chi connectivity index (χ1) is 19.4. The molecule has 3 N–H and O–H groups in total. The lowest BCUT2D eigenvalue weighted by molar-refractivity contribution is -0.154. The first-order valence-electron chi connectivity index (χ1n) is 13.1. The molecule has 0 bridgehead atoms. The summed E-state index contributed by atoms with van der Waals surface area (Å²) in [5.41, 5.74) is 1.79. The number of anilines is 1. The lowest BCUT2D eigenvalue weighted by Gasteiger charge is -2.19. The van der Waals surface area contributed by atoms with Crippen LogP contribution in [0.15, 0.2) is 48.7 Å². The van der Waals surface area contributed by atoms with Crippen LogP contribution in [-0.4, -0.2) is 77.3 Å². The van der Waals surface area contributed by atoms with Crippen molar-refractivity contribution < 1.29 is 28.3 Å². The molecule has 0 unspecified atom stereocenters. The molecule has 0 spiro atoms. The number of hydrogen-bond donors (Lipinski definition) is 3. The summed E-state index contributed by atoms with van der Waals surface area (Å²) in [4.78, 5) is 35.1. The van der Waals surface area contributed by atoms with Crippen molar-refractivity contribution in [3.63, 3.8) is 0 Å². The highest BCUT2D eigenvalue weighted by Crippen LogP contribution is 2.31. The van der Waals surface area contributed by atoms with E-state index in [2.05, 4.69) is 26.0 Å². The summed E-state index contributed by atoms with van der Waals surface area (Å²) in [5.74, 6) is -0.255. The number of hydroxylamine groups is 2. The zero-order chi connectivity index (χ0) is 28.1. The Bertz CT molecular complexity index is 1330. The third kappa shape index (κ3) is 6.73. The smallest absolute Gasteiger partial charge is 0.320 e. The Balaban J connectivity index is 1.33. The van der Waals surface area contributed by atoms with E-state index in [4.69, 9.17) is 14.3 Å². The van der Waals surface area contributed by atoms with Crippen molar-refractivity contribution in [3.8, 4) is 11.6 Å². The number of para-hydroxylation sites is 1. The number of ether oxygens (including phenoxy) is 2. The third-order valence-electron chi connectivity index (χ3n) is 6.56. The summed E-state index contributed by atoms with van der Waals surface area (Å²) in [7, 11) is 1.59. The molecule has 1 saturated heterocycles. The summed E-state index contributed by atoms with van der Waals surface area (Å²) in [5, 5.41) is 14.9. The molecule has 2 aromatic heterocycles. The van der Waals surface area contributed by atoms with E-state index in [-0.39, 0.29) is 24.4 Å². The SMILES string of the molecule is COCCN1C[C@@H](NC(=O)Nc2c(C)c(OCC(=O)NC3CC3)nn2-c2ccccc2)[C@H](c2ccnc(F)c2)O1. The van der Waals surface area contributed by atoms with Crippen LogP contribution in [0.5, 0.6) is 5.88 Å². The van der Waals surface area contributed by atoms with Gasteiger partial charge in [0.1, 0.15) is 11.9 Å². The van der Waals surface area contributed by atoms with Crippen LogP contribution in [0, 0.1) is 12.9 Å². The maximum absolute atomic E-state index is 13.9. The molecule has 3 amide bonds. The molecule has 212 valence electrons. The van der Waals surface area contributed by atoms with Crippen LogP contribution in [0.1, 0.15) is 30.1 Å². The number of benzene rings is 1. The predicted octanol–water partition coefficient (Wildman–Crippen LogP) is 2.50. The van der Waals surface area contributed by atoms with Crippen molar-refractivity contribution in [3.05, 3.63) is 65.7 Å². The first-order valence-corrected chi connectivity index (χ1v) is 13.1. The molecule has 13 heteroatoms. The molecule has 2 fully saturated rings. The summed E-state index contributed by atoms with van der Waals surface area (Å²) in [6, 6.07) is 11.4. The lowest BCUT2D eigenvalue weighted by Crippen LogP contribution is -2.42. The molecule has 0 radical (unpaired) electrons. The average molecular weight is 554 g/mol. The van der Waals surface area contributed by atoms with Gasteiger partial charge in [0.05, 0.1) is 23.9 Å². The fraction of sp³-hybridized carbons (Fsp3) is 0.407. The second-order valence-corrected chi connectivity index (χ2v) is 9.68. The molecule has 40 heavy (non-hydrogen) atoms. The van der Waals surface area contributed by atoms with Crippen molar-refractivity contribution in [1.82, 2.24) is 30.5 Å². The summed E-state index contributed by atoms with van der Waals surface area (Å²) >= 11 is 0. The normalized spacial score (nSPS) is 18.9. The molecular weight excluding hydrogens is 521 g/mol. The van der Waals surface area contributed by atoms with E-state index in [9.17, 15) is 14.0 Å². The average Bonchev–Trinajstić information content (AvgIpc) is 3.59. The van der Waals surface area contributed by atoms with Gasteiger partial charge in [0, 0.05) is 32.4 Å². The molecule has 3 heterocycles. The van der Waals surface area contributed by atoms with Gasteiger partial charge in [-0.05, 0) is 49.6 Å². The van der Waals surface area contributed by atoms with E-state index in [0.29, 0.717) is 42.3 Å². The van der Waals surface area contributed by atoms with Gasteiger partial charge in [0.2, 0.25) is 11.8 Å². The quantitative estimate of drug-likeness (QED) is 0.309. The van der Waals surface area contributed by atoms with E-state index in [0.717, 1.165) is 12.8 Å². The second kappa shape index (κ2) is 12.4. The van der Waals surface area contributed by atoms with E-state index < -0.39 is 24.1 Å². The molecular formula is C27H32FN7O5. The van der Waals surface area contributed by atoms with E-state index in [1.807, 2.05) is 30.3 Å². The van der Waals surface area contributed by atoms with Crippen molar-refractivity contribution in [2.75, 3.05) is 38.7 Å². The fourth-order valence-electron chi connectivity index (χ4n) is 4.40. The minimum atomic E-state index is -0.639. The largest absolute Gasteiger partial charge is 0.466 e. The van der Waals surface area contributed by atoms with Gasteiger partial charge >= 0.3 is 6.03 Å². The zero-order valence-electron chi connectivity index (χ0n) is 22.3. The minimum absolute atomic E-state index is 0.185. The topological polar surface area (TPSA) is 132 Å². The van der Waals surface area contributed by atoms with Crippen molar-refractivity contribution >= 4 is 17.8 Å². The lowest BCUT2D eigenvalue weighted by atomic mass is 10.0. The highest BCUT2D eigenvalue weighted by atomic mass is 19.1. The maximum Gasteiger partial charge on any atom is 0.320 e. The van der Waals surface area contributed by atoms with E-state index >= 15 is 0 Å². The number of nitrogens with one attached hydrogen (secondary N) is 3. The van der Waals surface area contributed by atoms with Crippen LogP contribution in [0.2, 0.25) is 0 Å². The number of pyridine rings is 1. The standard InChI is InChI=1S/C27H32FN7O5/c1-17-25(35(20-6-4-3-5-7-20)33-26(17)39-16-23(36)30-19-8-9-19)32-27(37)31-21-15-34(12-13-38-2)40-24(21)18-10-11-29-22(28)14-18/h3-7,10-11,14,19,21,24H,8-9,12-13,15-16H2,1-2H3,(H,30,36)(H2,31,32,37)/t21-,24+/m1/s1. The van der Waals surface area contributed by atoms with Crippen LogP contribution in [0.3, 0.4) is 0 Å². The fourth-order valence-corrected chi connectivity index (χ4v) is 4.40. The Morgan fingerprint density at radius 1 is 1.18 bits per heavy atom. The number of nitrogens with zero attached hydrogens (tertiary/aromatic N) is 4. The number of rotatable bonds is 11. The van der Waals surface area contributed by atoms with Crippen LogP contribution in [-0.2, 0) is 14.4 Å². The molecule has 1 aliphatic heterocycles. The number of halogens is 1. The minimum Gasteiger partial charge on any atom is -0.466 e. The Kier molecular flexibility index (Phi) is 8.53. The number of methoxy groups -OCH3 is 1. The second-order valence-electron chi connectivity index (χ2n) is 9.68.